The van der Waals surface area contributed by atoms with Crippen LogP contribution < -0.4 is 0 Å². The van der Waals surface area contributed by atoms with Gasteiger partial charge in [0, 0.05) is 6.42 Å². The van der Waals surface area contributed by atoms with Crippen molar-refractivity contribution >= 4 is 5.97 Å². The fourth-order valence-corrected chi connectivity index (χ4v) is 2.78. The topological polar surface area (TPSA) is 55.8 Å². The molecule has 0 aromatic carbocycles. The average molecular weight is 242 g/mol. The first-order valence-corrected chi connectivity index (χ1v) is 6.68. The van der Waals surface area contributed by atoms with Crippen LogP contribution >= 0.6 is 0 Å². The maximum absolute atomic E-state index is 11.4. The highest BCUT2D eigenvalue weighted by Crippen LogP contribution is 2.59. The van der Waals surface area contributed by atoms with Gasteiger partial charge < -0.3 is 14.6 Å². The summed E-state index contributed by atoms with van der Waals surface area (Å²) in [6.07, 6.45) is 6.59. The molecule has 98 valence electrons. The monoisotopic (exact) mass is 242 g/mol. The number of carbonyl (C=O) groups is 1. The molecule has 0 bridgehead atoms. The van der Waals surface area contributed by atoms with Crippen LogP contribution in [-0.2, 0) is 14.3 Å². The van der Waals surface area contributed by atoms with Crippen LogP contribution in [0.1, 0.15) is 51.9 Å². The van der Waals surface area contributed by atoms with Gasteiger partial charge in [-0.25, -0.2) is 0 Å². The van der Waals surface area contributed by atoms with Gasteiger partial charge in [0.2, 0.25) is 0 Å². The van der Waals surface area contributed by atoms with Crippen molar-refractivity contribution in [1.82, 2.24) is 0 Å². The number of ether oxygens (including phenoxy) is 2. The van der Waals surface area contributed by atoms with Crippen LogP contribution in [-0.4, -0.2) is 30.1 Å². The maximum Gasteiger partial charge on any atom is 0.315 e. The van der Waals surface area contributed by atoms with Gasteiger partial charge in [-0.1, -0.05) is 26.2 Å². The highest BCUT2D eigenvalue weighted by atomic mass is 16.7. The Morgan fingerprint density at radius 1 is 1.18 bits per heavy atom. The second kappa shape index (κ2) is 4.94. The Morgan fingerprint density at radius 3 is 2.29 bits per heavy atom. The Morgan fingerprint density at radius 2 is 1.82 bits per heavy atom. The van der Waals surface area contributed by atoms with Crippen LogP contribution in [0.15, 0.2) is 0 Å². The van der Waals surface area contributed by atoms with Crippen LogP contribution in [0.4, 0.5) is 0 Å². The van der Waals surface area contributed by atoms with E-state index in [2.05, 4.69) is 6.92 Å². The summed E-state index contributed by atoms with van der Waals surface area (Å²) in [5.74, 6) is -1.58. The van der Waals surface area contributed by atoms with Crippen LogP contribution in [0.25, 0.3) is 0 Å². The second-order valence-corrected chi connectivity index (χ2v) is 5.15. The lowest BCUT2D eigenvalue weighted by Crippen LogP contribution is -2.45. The van der Waals surface area contributed by atoms with E-state index in [1.54, 1.807) is 0 Å². The van der Waals surface area contributed by atoms with E-state index in [9.17, 15) is 9.90 Å². The molecule has 0 aromatic rings. The quantitative estimate of drug-likeness (QED) is 0.697. The summed E-state index contributed by atoms with van der Waals surface area (Å²) >= 11 is 0. The summed E-state index contributed by atoms with van der Waals surface area (Å²) in [6.45, 7) is 3.23. The van der Waals surface area contributed by atoms with Gasteiger partial charge in [0.15, 0.2) is 5.79 Å². The molecule has 1 saturated carbocycles. The highest BCUT2D eigenvalue weighted by molar-refractivity contribution is 5.79. The Kier molecular flexibility index (Phi) is 3.73. The van der Waals surface area contributed by atoms with Gasteiger partial charge >= 0.3 is 5.97 Å². The zero-order chi connectivity index (χ0) is 12.4. The fraction of sp³-hybridized carbons (Fsp3) is 0.923. The Labute approximate surface area is 102 Å². The first kappa shape index (κ1) is 12.8. The van der Waals surface area contributed by atoms with Crippen molar-refractivity contribution in [3.05, 3.63) is 0 Å². The van der Waals surface area contributed by atoms with E-state index in [-0.39, 0.29) is 0 Å². The molecule has 4 heteroatoms. The summed E-state index contributed by atoms with van der Waals surface area (Å²) in [5, 5.41) is 9.37. The molecule has 0 spiro atoms. The smallest absolute Gasteiger partial charge is 0.315 e. The van der Waals surface area contributed by atoms with Crippen molar-refractivity contribution in [2.24, 2.45) is 5.41 Å². The predicted octanol–water partition coefficient (Wildman–Crippen LogP) is 2.56. The summed E-state index contributed by atoms with van der Waals surface area (Å²) in [6, 6.07) is 0. The van der Waals surface area contributed by atoms with Crippen molar-refractivity contribution in [1.29, 1.82) is 0 Å². The van der Waals surface area contributed by atoms with Gasteiger partial charge in [0.05, 0.1) is 13.2 Å². The molecule has 2 rings (SSSR count). The van der Waals surface area contributed by atoms with Gasteiger partial charge in [-0.15, -0.1) is 0 Å². The molecule has 0 amide bonds. The zero-order valence-electron chi connectivity index (χ0n) is 10.5. The summed E-state index contributed by atoms with van der Waals surface area (Å²) < 4.78 is 11.4. The molecule has 1 heterocycles. The predicted molar refractivity (Wildman–Crippen MR) is 62.7 cm³/mol. The second-order valence-electron chi connectivity index (χ2n) is 5.15. The van der Waals surface area contributed by atoms with Crippen molar-refractivity contribution < 1.29 is 19.4 Å². The Bertz CT molecular complexity index is 277. The molecule has 0 aromatic heterocycles. The third-order valence-corrected chi connectivity index (χ3v) is 4.00. The summed E-state index contributed by atoms with van der Waals surface area (Å²) in [7, 11) is 0. The first-order valence-electron chi connectivity index (χ1n) is 6.68. The van der Waals surface area contributed by atoms with Gasteiger partial charge in [-0.2, -0.15) is 0 Å². The minimum Gasteiger partial charge on any atom is -0.481 e. The van der Waals surface area contributed by atoms with Crippen LogP contribution in [0.3, 0.4) is 0 Å². The molecule has 4 nitrogen and oxygen atoms in total. The van der Waals surface area contributed by atoms with E-state index in [0.29, 0.717) is 26.1 Å². The third-order valence-electron chi connectivity index (χ3n) is 4.00. The summed E-state index contributed by atoms with van der Waals surface area (Å²) in [5.41, 5.74) is -0.754. The number of carboxylic acids is 1. The lowest BCUT2D eigenvalue weighted by molar-refractivity contribution is -0.219. The van der Waals surface area contributed by atoms with Crippen LogP contribution in [0.2, 0.25) is 0 Å². The number of carboxylic acid groups (broad SMARTS) is 1. The third kappa shape index (κ3) is 2.20. The minimum atomic E-state index is -0.827. The number of hydrogen-bond acceptors (Lipinski definition) is 3. The molecule has 0 radical (unpaired) electrons. The van der Waals surface area contributed by atoms with Gasteiger partial charge in [0.25, 0.3) is 0 Å². The normalized spacial score (nSPS) is 24.8. The largest absolute Gasteiger partial charge is 0.481 e. The van der Waals surface area contributed by atoms with E-state index in [0.717, 1.165) is 19.3 Å². The zero-order valence-corrected chi connectivity index (χ0v) is 10.5. The molecule has 1 aliphatic heterocycles. The van der Waals surface area contributed by atoms with E-state index in [1.165, 1.54) is 12.8 Å². The van der Waals surface area contributed by atoms with Crippen molar-refractivity contribution in [2.45, 2.75) is 57.7 Å². The molecule has 17 heavy (non-hydrogen) atoms. The number of unbranched alkanes of at least 4 members (excludes halogenated alkanes) is 3. The van der Waals surface area contributed by atoms with Crippen LogP contribution in [0, 0.1) is 5.41 Å². The highest BCUT2D eigenvalue weighted by Gasteiger charge is 2.68. The van der Waals surface area contributed by atoms with Crippen molar-refractivity contribution in [3.63, 3.8) is 0 Å². The lowest BCUT2D eigenvalue weighted by Gasteiger charge is -2.33. The molecule has 0 unspecified atom stereocenters. The first-order chi connectivity index (χ1) is 8.17. The molecule has 1 N–H and O–H groups in total. The molecular formula is C13H22O4. The van der Waals surface area contributed by atoms with E-state index in [1.807, 2.05) is 0 Å². The van der Waals surface area contributed by atoms with Crippen molar-refractivity contribution in [2.75, 3.05) is 13.2 Å². The standard InChI is InChI=1S/C13H22O4/c1-2-3-4-5-6-13(16-9-10-17-13)12(7-8-12)11(14)15/h2-10H2,1H3,(H,14,15). The Hall–Kier alpha value is -0.610. The van der Waals surface area contributed by atoms with Gasteiger partial charge in [-0.05, 0) is 19.3 Å². The maximum atomic E-state index is 11.4. The van der Waals surface area contributed by atoms with E-state index in [4.69, 9.17) is 9.47 Å². The minimum absolute atomic E-state index is 0.531. The lowest BCUT2D eigenvalue weighted by atomic mass is 9.90. The van der Waals surface area contributed by atoms with E-state index >= 15 is 0 Å². The number of hydrogen-bond donors (Lipinski definition) is 1. The summed E-state index contributed by atoms with van der Waals surface area (Å²) in [4.78, 5) is 11.4. The SMILES string of the molecule is CCCCCCC1(C2(C(=O)O)CC2)OCCO1. The number of aliphatic carboxylic acids is 1. The average Bonchev–Trinajstić information content (AvgIpc) is 3.01. The van der Waals surface area contributed by atoms with Crippen LogP contribution in [0.5, 0.6) is 0 Å². The van der Waals surface area contributed by atoms with Gasteiger partial charge in [-0.3, -0.25) is 4.79 Å². The fourth-order valence-electron chi connectivity index (χ4n) is 2.78. The molecular weight excluding hydrogens is 220 g/mol. The van der Waals surface area contributed by atoms with Gasteiger partial charge in [0.1, 0.15) is 5.41 Å². The van der Waals surface area contributed by atoms with Crippen molar-refractivity contribution in [3.8, 4) is 0 Å². The molecule has 1 saturated heterocycles. The molecule has 1 aliphatic carbocycles. The molecule has 2 aliphatic rings. The number of rotatable bonds is 7. The molecule has 2 fully saturated rings. The Balaban J connectivity index is 1.98. The molecule has 0 atom stereocenters. The van der Waals surface area contributed by atoms with E-state index < -0.39 is 17.2 Å².